The minimum atomic E-state index is -1.11. The number of aromatic hydroxyl groups is 1. The van der Waals surface area contributed by atoms with E-state index in [0.717, 1.165) is 0 Å². The topological polar surface area (TPSA) is 128 Å². The molecule has 0 radical (unpaired) electrons. The monoisotopic (exact) mass is 338 g/mol. The van der Waals surface area contributed by atoms with Crippen LogP contribution in [-0.2, 0) is 4.79 Å². The molecule has 1 amide bonds. The second-order valence-corrected chi connectivity index (χ2v) is 5.42. The van der Waals surface area contributed by atoms with Gasteiger partial charge >= 0.3 is 5.97 Å². The second-order valence-electron chi connectivity index (χ2n) is 5.42. The number of carbonyl (C=O) groups excluding carboxylic acids is 1. The number of anilines is 1. The first-order valence-corrected chi connectivity index (χ1v) is 7.24. The number of carbonyl (C=O) groups is 2. The quantitative estimate of drug-likeness (QED) is 0.427. The molecular weight excluding hydrogens is 324 g/mol. The van der Waals surface area contributed by atoms with Crippen LogP contribution >= 0.6 is 0 Å². The van der Waals surface area contributed by atoms with Crippen LogP contribution in [0.5, 0.6) is 5.75 Å². The summed E-state index contributed by atoms with van der Waals surface area (Å²) < 4.78 is 0. The average Bonchev–Trinajstić information content (AvgIpc) is 3.01. The van der Waals surface area contributed by atoms with E-state index in [1.807, 2.05) is 0 Å². The third kappa shape index (κ3) is 2.92. The van der Waals surface area contributed by atoms with Crippen molar-refractivity contribution in [2.75, 3.05) is 5.32 Å². The van der Waals surface area contributed by atoms with Crippen molar-refractivity contribution >= 4 is 28.6 Å². The van der Waals surface area contributed by atoms with Gasteiger partial charge in [0.2, 0.25) is 0 Å². The predicted molar refractivity (Wildman–Crippen MR) is 91.4 cm³/mol. The Hall–Kier alpha value is -3.68. The molecule has 0 spiro atoms. The van der Waals surface area contributed by atoms with Crippen LogP contribution < -0.4 is 5.32 Å². The Morgan fingerprint density at radius 3 is 2.72 bits per heavy atom. The first kappa shape index (κ1) is 16.2. The number of H-pyrrole nitrogens is 1. The second kappa shape index (κ2) is 6.08. The number of rotatable bonds is 4. The van der Waals surface area contributed by atoms with Crippen LogP contribution in [0.15, 0.2) is 42.9 Å². The molecule has 0 aliphatic carbocycles. The Kier molecular flexibility index (Phi) is 3.94. The molecule has 0 atom stereocenters. The van der Waals surface area contributed by atoms with Crippen LogP contribution in [0, 0.1) is 0 Å². The van der Waals surface area contributed by atoms with Gasteiger partial charge in [0.05, 0.1) is 22.3 Å². The van der Waals surface area contributed by atoms with E-state index in [-0.39, 0.29) is 22.6 Å². The number of nitrogens with zero attached hydrogens (tertiary/aromatic N) is 2. The highest BCUT2D eigenvalue weighted by atomic mass is 16.4. The van der Waals surface area contributed by atoms with Gasteiger partial charge in [-0.3, -0.25) is 4.79 Å². The van der Waals surface area contributed by atoms with Gasteiger partial charge in [-0.05, 0) is 25.1 Å². The van der Waals surface area contributed by atoms with E-state index >= 15 is 0 Å². The van der Waals surface area contributed by atoms with E-state index in [2.05, 4.69) is 26.8 Å². The molecule has 3 aromatic rings. The number of carboxylic acids is 1. The molecule has 1 aromatic carbocycles. The summed E-state index contributed by atoms with van der Waals surface area (Å²) in [5.74, 6) is -1.68. The highest BCUT2D eigenvalue weighted by molar-refractivity contribution is 6.08. The molecule has 2 heterocycles. The number of phenols is 1. The predicted octanol–water partition coefficient (Wildman–Crippen LogP) is 2.54. The fourth-order valence-corrected chi connectivity index (χ4v) is 2.36. The maximum atomic E-state index is 11.8. The lowest BCUT2D eigenvalue weighted by Crippen LogP contribution is -2.12. The molecule has 126 valence electrons. The van der Waals surface area contributed by atoms with Crippen molar-refractivity contribution in [2.24, 2.45) is 0 Å². The molecule has 0 saturated heterocycles. The number of hydrogen-bond acceptors (Lipinski definition) is 5. The third-order valence-corrected chi connectivity index (χ3v) is 3.61. The summed E-state index contributed by atoms with van der Waals surface area (Å²) in [6, 6.07) is 4.48. The average molecular weight is 338 g/mol. The normalized spacial score (nSPS) is 10.6. The van der Waals surface area contributed by atoms with Gasteiger partial charge in [0.25, 0.3) is 5.91 Å². The van der Waals surface area contributed by atoms with E-state index < -0.39 is 11.9 Å². The van der Waals surface area contributed by atoms with E-state index in [0.29, 0.717) is 22.3 Å². The zero-order valence-electron chi connectivity index (χ0n) is 13.2. The third-order valence-electron chi connectivity index (χ3n) is 3.61. The van der Waals surface area contributed by atoms with Crippen molar-refractivity contribution in [2.45, 2.75) is 6.92 Å². The van der Waals surface area contributed by atoms with Crippen molar-refractivity contribution in [1.29, 1.82) is 0 Å². The number of hydrogen-bond donors (Lipinski definition) is 4. The Morgan fingerprint density at radius 2 is 2.04 bits per heavy atom. The highest BCUT2D eigenvalue weighted by Gasteiger charge is 2.18. The maximum Gasteiger partial charge on any atom is 0.338 e. The summed E-state index contributed by atoms with van der Waals surface area (Å²) in [5.41, 5.74) is 1.76. The van der Waals surface area contributed by atoms with E-state index in [9.17, 15) is 19.8 Å². The lowest BCUT2D eigenvalue weighted by atomic mass is 10.1. The molecule has 3 rings (SSSR count). The van der Waals surface area contributed by atoms with E-state index in [1.165, 1.54) is 24.7 Å². The molecule has 8 heteroatoms. The Balaban J connectivity index is 2.16. The van der Waals surface area contributed by atoms with Crippen LogP contribution in [0.1, 0.15) is 17.3 Å². The summed E-state index contributed by atoms with van der Waals surface area (Å²) in [4.78, 5) is 34.2. The van der Waals surface area contributed by atoms with Gasteiger partial charge in [-0.15, -0.1) is 0 Å². The van der Waals surface area contributed by atoms with Gasteiger partial charge in [-0.2, -0.15) is 0 Å². The van der Waals surface area contributed by atoms with Crippen molar-refractivity contribution in [3.8, 4) is 17.0 Å². The minimum Gasteiger partial charge on any atom is -0.506 e. The number of aromatic nitrogens is 3. The van der Waals surface area contributed by atoms with Crippen LogP contribution in [0.25, 0.3) is 22.3 Å². The molecule has 0 aliphatic rings. The van der Waals surface area contributed by atoms with Crippen LogP contribution in [-0.4, -0.2) is 37.0 Å². The number of aromatic carboxylic acids is 1. The number of nitrogens with one attached hydrogen (secondary N) is 2. The van der Waals surface area contributed by atoms with Gasteiger partial charge < -0.3 is 20.5 Å². The first-order chi connectivity index (χ1) is 11.9. The number of amides is 1. The summed E-state index contributed by atoms with van der Waals surface area (Å²) in [6.45, 7) is 5.09. The van der Waals surface area contributed by atoms with E-state index in [4.69, 9.17) is 0 Å². The summed E-state index contributed by atoms with van der Waals surface area (Å²) >= 11 is 0. The number of benzene rings is 1. The van der Waals surface area contributed by atoms with Gasteiger partial charge in [0, 0.05) is 17.3 Å². The SMILES string of the molecule is C=C(C)C(=O)Nc1cc(-c2ncnc3[nH]cc(C(=O)O)c23)ccc1O. The number of phenolic OH excluding ortho intramolecular Hbond substituents is 1. The summed E-state index contributed by atoms with van der Waals surface area (Å²) in [7, 11) is 0. The molecule has 0 bridgehead atoms. The number of aromatic amines is 1. The van der Waals surface area contributed by atoms with Gasteiger partial charge in [0.1, 0.15) is 17.7 Å². The van der Waals surface area contributed by atoms with Crippen molar-refractivity contribution in [3.05, 3.63) is 48.4 Å². The standard InChI is InChI=1S/C17H14N4O4/c1-8(2)16(23)21-11-5-9(3-4-12(11)22)14-13-10(17(24)25)6-18-15(13)20-7-19-14/h3-7,22H,1H2,2H3,(H,21,23)(H,24,25)(H,18,19,20). The van der Waals surface area contributed by atoms with Crippen LogP contribution in [0.4, 0.5) is 5.69 Å². The molecule has 0 unspecified atom stereocenters. The first-order valence-electron chi connectivity index (χ1n) is 7.24. The fraction of sp³-hybridized carbons (Fsp3) is 0.0588. The Morgan fingerprint density at radius 1 is 1.28 bits per heavy atom. The lowest BCUT2D eigenvalue weighted by molar-refractivity contribution is -0.112. The van der Waals surface area contributed by atoms with Crippen molar-refractivity contribution < 1.29 is 19.8 Å². The molecule has 4 N–H and O–H groups in total. The zero-order chi connectivity index (χ0) is 18.1. The molecule has 25 heavy (non-hydrogen) atoms. The smallest absolute Gasteiger partial charge is 0.338 e. The van der Waals surface area contributed by atoms with Crippen LogP contribution in [0.2, 0.25) is 0 Å². The number of fused-ring (bicyclic) bond motifs is 1. The van der Waals surface area contributed by atoms with Crippen molar-refractivity contribution in [1.82, 2.24) is 15.0 Å². The maximum absolute atomic E-state index is 11.8. The lowest BCUT2D eigenvalue weighted by Gasteiger charge is -2.10. The van der Waals surface area contributed by atoms with Gasteiger partial charge in [-0.1, -0.05) is 6.58 Å². The molecule has 0 aliphatic heterocycles. The zero-order valence-corrected chi connectivity index (χ0v) is 13.2. The Labute approximate surface area is 141 Å². The minimum absolute atomic E-state index is 0.0335. The van der Waals surface area contributed by atoms with Gasteiger partial charge in [0.15, 0.2) is 0 Å². The van der Waals surface area contributed by atoms with Crippen molar-refractivity contribution in [3.63, 3.8) is 0 Å². The molecule has 0 fully saturated rings. The van der Waals surface area contributed by atoms with Gasteiger partial charge in [-0.25, -0.2) is 14.8 Å². The summed E-state index contributed by atoms with van der Waals surface area (Å²) in [5, 5.41) is 22.2. The van der Waals surface area contributed by atoms with E-state index in [1.54, 1.807) is 13.0 Å². The van der Waals surface area contributed by atoms with Crippen LogP contribution in [0.3, 0.4) is 0 Å². The molecule has 8 nitrogen and oxygen atoms in total. The fourth-order valence-electron chi connectivity index (χ4n) is 2.36. The molecule has 0 saturated carbocycles. The molecule has 2 aromatic heterocycles. The highest BCUT2D eigenvalue weighted by Crippen LogP contribution is 2.33. The molecular formula is C17H14N4O4. The Bertz CT molecular complexity index is 1020. The number of carboxylic acid groups (broad SMARTS) is 1. The summed E-state index contributed by atoms with van der Waals surface area (Å²) in [6.07, 6.45) is 2.65. The largest absolute Gasteiger partial charge is 0.506 e.